The summed E-state index contributed by atoms with van der Waals surface area (Å²) in [4.78, 5) is 12.8. The fourth-order valence-corrected chi connectivity index (χ4v) is 5.23. The van der Waals surface area contributed by atoms with Gasteiger partial charge in [0.2, 0.25) is 10.0 Å². The number of nitrogens with zero attached hydrogens (tertiary/aromatic N) is 3. The van der Waals surface area contributed by atoms with Crippen LogP contribution in [0.15, 0.2) is 23.1 Å². The molecule has 1 amide bonds. The number of nitrogens with one attached hydrogen (secondary N) is 2. The van der Waals surface area contributed by atoms with Crippen molar-refractivity contribution in [3.63, 3.8) is 0 Å². The summed E-state index contributed by atoms with van der Waals surface area (Å²) in [7, 11) is -3.70. The minimum atomic E-state index is -3.70. The molecule has 0 unspecified atom stereocenters. The van der Waals surface area contributed by atoms with Crippen molar-refractivity contribution in [2.75, 3.05) is 26.3 Å². The van der Waals surface area contributed by atoms with E-state index in [9.17, 15) is 13.2 Å². The Morgan fingerprint density at radius 1 is 1.31 bits per heavy atom. The fraction of sp³-hybridized carbons (Fsp3) is 0.500. The highest BCUT2D eigenvalue weighted by Crippen LogP contribution is 2.23. The molecule has 1 aromatic carbocycles. The Bertz CT molecular complexity index is 1040. The van der Waals surface area contributed by atoms with E-state index in [4.69, 9.17) is 17.0 Å². The third kappa shape index (κ3) is 4.58. The van der Waals surface area contributed by atoms with E-state index < -0.39 is 10.0 Å². The molecule has 0 bridgehead atoms. The second-order valence-electron chi connectivity index (χ2n) is 6.56. The smallest absolute Gasteiger partial charge is 0.251 e. The molecule has 1 aliphatic rings. The van der Waals surface area contributed by atoms with Gasteiger partial charge in [0.15, 0.2) is 10.6 Å². The van der Waals surface area contributed by atoms with Gasteiger partial charge in [-0.1, -0.05) is 13.0 Å². The van der Waals surface area contributed by atoms with E-state index in [0.717, 1.165) is 0 Å². The molecule has 0 aliphatic carbocycles. The first kappa shape index (κ1) is 21.6. The lowest BCUT2D eigenvalue weighted by atomic mass is 10.1. The summed E-state index contributed by atoms with van der Waals surface area (Å²) in [5, 5.41) is 9.60. The molecule has 1 fully saturated rings. The minimum absolute atomic E-state index is 0.172. The molecule has 11 heteroatoms. The number of hydrogen-bond acceptors (Lipinski definition) is 6. The molecular weight excluding hydrogens is 414 g/mol. The van der Waals surface area contributed by atoms with Gasteiger partial charge < -0.3 is 14.6 Å². The Morgan fingerprint density at radius 2 is 2.03 bits per heavy atom. The number of hydrogen-bond donors (Lipinski definition) is 2. The van der Waals surface area contributed by atoms with Crippen molar-refractivity contribution in [3.8, 4) is 0 Å². The van der Waals surface area contributed by atoms with Crippen LogP contribution in [0.1, 0.15) is 35.6 Å². The monoisotopic (exact) mass is 439 g/mol. The third-order valence-electron chi connectivity index (χ3n) is 4.86. The summed E-state index contributed by atoms with van der Waals surface area (Å²) in [5.74, 6) is 0.236. The number of rotatable bonds is 7. The summed E-state index contributed by atoms with van der Waals surface area (Å²) < 4.78 is 35.2. The summed E-state index contributed by atoms with van der Waals surface area (Å²) in [6.07, 6.45) is 0.548. The summed E-state index contributed by atoms with van der Waals surface area (Å²) in [5.41, 5.74) is 0.964. The molecule has 1 saturated heterocycles. The van der Waals surface area contributed by atoms with Crippen molar-refractivity contribution < 1.29 is 17.9 Å². The largest absolute Gasteiger partial charge is 0.379 e. The second-order valence-corrected chi connectivity index (χ2v) is 8.86. The molecule has 2 N–H and O–H groups in total. The number of carbonyl (C=O) groups is 1. The Balaban J connectivity index is 1.83. The number of benzene rings is 1. The first-order valence-electron chi connectivity index (χ1n) is 9.51. The number of sulfonamides is 1. The number of carbonyl (C=O) groups excluding carboxylic acids is 1. The second kappa shape index (κ2) is 9.16. The van der Waals surface area contributed by atoms with E-state index in [1.165, 1.54) is 10.4 Å². The maximum Gasteiger partial charge on any atom is 0.251 e. The number of aryl methyl sites for hydroxylation is 1. The van der Waals surface area contributed by atoms with Gasteiger partial charge in [-0.25, -0.2) is 8.42 Å². The molecule has 1 aliphatic heterocycles. The summed E-state index contributed by atoms with van der Waals surface area (Å²) in [6.45, 7) is 5.99. The lowest BCUT2D eigenvalue weighted by Crippen LogP contribution is -2.41. The molecule has 3 rings (SSSR count). The molecular formula is C18H25N5O4S2. The number of morpholine rings is 1. The predicted octanol–water partition coefficient (Wildman–Crippen LogP) is 1.47. The highest BCUT2D eigenvalue weighted by Gasteiger charge is 2.29. The van der Waals surface area contributed by atoms with Crippen molar-refractivity contribution in [1.29, 1.82) is 0 Å². The van der Waals surface area contributed by atoms with Gasteiger partial charge >= 0.3 is 0 Å². The maximum atomic E-state index is 13.1. The SMILES string of the molecule is CCc1ccc(C(=O)NCc2n[nH]c(=S)n2CC)cc1S(=O)(=O)N1CCOCC1. The number of H-pyrrole nitrogens is 1. The van der Waals surface area contributed by atoms with Crippen LogP contribution >= 0.6 is 12.2 Å². The molecule has 0 saturated carbocycles. The van der Waals surface area contributed by atoms with Crippen LogP contribution in [0.2, 0.25) is 0 Å². The van der Waals surface area contributed by atoms with E-state index >= 15 is 0 Å². The Hall–Kier alpha value is -2.08. The zero-order valence-electron chi connectivity index (χ0n) is 16.5. The van der Waals surface area contributed by atoms with E-state index in [-0.39, 0.29) is 22.9 Å². The first-order valence-corrected chi connectivity index (χ1v) is 11.4. The standard InChI is InChI=1S/C18H25N5O4S2/c1-3-13-5-6-14(11-15(13)29(25,26)22-7-9-27-10-8-22)17(24)19-12-16-20-21-18(28)23(16)4-2/h5-6,11H,3-4,7-10,12H2,1-2H3,(H,19,24)(H,21,28). The Labute approximate surface area is 175 Å². The molecule has 2 aromatic rings. The van der Waals surface area contributed by atoms with Gasteiger partial charge in [0.25, 0.3) is 5.91 Å². The van der Waals surface area contributed by atoms with E-state index in [2.05, 4.69) is 15.5 Å². The first-order chi connectivity index (χ1) is 13.9. The van der Waals surface area contributed by atoms with Crippen molar-refractivity contribution in [2.45, 2.75) is 38.3 Å². The van der Waals surface area contributed by atoms with Gasteiger partial charge in [-0.15, -0.1) is 0 Å². The van der Waals surface area contributed by atoms with Crippen molar-refractivity contribution in [3.05, 3.63) is 39.9 Å². The molecule has 29 heavy (non-hydrogen) atoms. The van der Waals surface area contributed by atoms with Crippen molar-refractivity contribution in [2.24, 2.45) is 0 Å². The van der Waals surface area contributed by atoms with Gasteiger partial charge in [-0.05, 0) is 43.3 Å². The van der Waals surface area contributed by atoms with Gasteiger partial charge in [0.05, 0.1) is 24.7 Å². The van der Waals surface area contributed by atoms with E-state index in [1.807, 2.05) is 13.8 Å². The van der Waals surface area contributed by atoms with Crippen LogP contribution in [0.25, 0.3) is 0 Å². The maximum absolute atomic E-state index is 13.1. The molecule has 9 nitrogen and oxygen atoms in total. The fourth-order valence-electron chi connectivity index (χ4n) is 3.23. The molecule has 158 valence electrons. The van der Waals surface area contributed by atoms with Crippen LogP contribution in [0, 0.1) is 4.77 Å². The lowest BCUT2D eigenvalue weighted by molar-refractivity contribution is 0.0730. The Kier molecular flexibility index (Phi) is 6.83. The minimum Gasteiger partial charge on any atom is -0.379 e. The van der Waals surface area contributed by atoms with Crippen LogP contribution in [0.5, 0.6) is 0 Å². The molecule has 0 atom stereocenters. The number of aromatic amines is 1. The number of aromatic nitrogens is 3. The topological polar surface area (TPSA) is 109 Å². The van der Waals surface area contributed by atoms with Crippen molar-refractivity contribution >= 4 is 28.1 Å². The van der Waals surface area contributed by atoms with Crippen LogP contribution < -0.4 is 5.32 Å². The van der Waals surface area contributed by atoms with Crippen LogP contribution in [-0.4, -0.2) is 59.7 Å². The predicted molar refractivity (Wildman–Crippen MR) is 110 cm³/mol. The Morgan fingerprint density at radius 3 is 2.69 bits per heavy atom. The van der Waals surface area contributed by atoms with Crippen LogP contribution in [0.4, 0.5) is 0 Å². The lowest BCUT2D eigenvalue weighted by Gasteiger charge is -2.27. The van der Waals surface area contributed by atoms with Gasteiger partial charge in [-0.3, -0.25) is 9.89 Å². The van der Waals surface area contributed by atoms with Gasteiger partial charge in [0, 0.05) is 25.2 Å². The third-order valence-corrected chi connectivity index (χ3v) is 7.15. The summed E-state index contributed by atoms with van der Waals surface area (Å²) >= 11 is 5.15. The van der Waals surface area contributed by atoms with Gasteiger partial charge in [-0.2, -0.15) is 9.40 Å². The average Bonchev–Trinajstić information content (AvgIpc) is 3.11. The van der Waals surface area contributed by atoms with E-state index in [0.29, 0.717) is 55.4 Å². The summed E-state index contributed by atoms with van der Waals surface area (Å²) in [6, 6.07) is 4.80. The zero-order chi connectivity index (χ0) is 21.0. The highest BCUT2D eigenvalue weighted by molar-refractivity contribution is 7.89. The van der Waals surface area contributed by atoms with Crippen LogP contribution in [0.3, 0.4) is 0 Å². The van der Waals surface area contributed by atoms with E-state index in [1.54, 1.807) is 16.7 Å². The normalized spacial score (nSPS) is 15.4. The molecule has 2 heterocycles. The zero-order valence-corrected chi connectivity index (χ0v) is 18.1. The van der Waals surface area contributed by atoms with Crippen LogP contribution in [-0.2, 0) is 34.3 Å². The number of amides is 1. The highest BCUT2D eigenvalue weighted by atomic mass is 32.2. The van der Waals surface area contributed by atoms with Crippen molar-refractivity contribution in [1.82, 2.24) is 24.4 Å². The molecule has 1 aromatic heterocycles. The quantitative estimate of drug-likeness (QED) is 0.633. The van der Waals surface area contributed by atoms with Gasteiger partial charge in [0.1, 0.15) is 0 Å². The average molecular weight is 440 g/mol. The molecule has 0 radical (unpaired) electrons. The number of ether oxygens (including phenoxy) is 1. The molecule has 0 spiro atoms.